The van der Waals surface area contributed by atoms with E-state index in [-0.39, 0.29) is 40.9 Å². The maximum absolute atomic E-state index is 10.4. The summed E-state index contributed by atoms with van der Waals surface area (Å²) in [6.07, 6.45) is 0. The summed E-state index contributed by atoms with van der Waals surface area (Å²) < 4.78 is 31.6. The Bertz CT molecular complexity index is 479. The van der Waals surface area contributed by atoms with Gasteiger partial charge in [0.25, 0.3) is 0 Å². The normalized spacial score (nSPS) is 9.53. The van der Waals surface area contributed by atoms with Gasteiger partial charge in [-0.2, -0.15) is 8.42 Å². The zero-order valence-corrected chi connectivity index (χ0v) is 11.5. The van der Waals surface area contributed by atoms with E-state index in [1.807, 2.05) is 0 Å². The topological polar surface area (TPSA) is 158 Å². The number of nitrogens with two attached hydrogens (primary N) is 1. The average molecular weight is 274 g/mol. The molecular weight excluding hydrogens is 265 g/mol. The van der Waals surface area contributed by atoms with Gasteiger partial charge in [-0.15, -0.1) is 0 Å². The molecule has 0 amide bonds. The Kier molecular flexibility index (Phi) is 8.15. The molecule has 0 bridgehead atoms. The number of rotatable bonds is 1. The van der Waals surface area contributed by atoms with Gasteiger partial charge in [0.2, 0.25) is 0 Å². The van der Waals surface area contributed by atoms with Crippen molar-refractivity contribution in [1.29, 1.82) is 0 Å². The number of aromatic carboxylic acids is 1. The van der Waals surface area contributed by atoms with E-state index in [0.29, 0.717) is 5.69 Å². The van der Waals surface area contributed by atoms with Crippen molar-refractivity contribution in [3.8, 4) is 5.75 Å². The van der Waals surface area contributed by atoms with E-state index in [9.17, 15) is 4.79 Å². The quantitative estimate of drug-likeness (QED) is 0.157. The molecule has 1 rings (SSSR count). The molecule has 0 unspecified atom stereocenters. The predicted octanol–water partition coefficient (Wildman–Crippen LogP) is -2.98. The van der Waals surface area contributed by atoms with Crippen LogP contribution in [0.15, 0.2) is 18.2 Å². The molecule has 0 atom stereocenters. The Morgan fingerprint density at radius 1 is 1.24 bits per heavy atom. The third kappa shape index (κ3) is 10.1. The van der Waals surface area contributed by atoms with Gasteiger partial charge < -0.3 is 15.9 Å². The summed E-state index contributed by atoms with van der Waals surface area (Å²) in [5.74, 6) is -1.46. The standard InChI is InChI=1S/C7H7NO3.Na.H2O4S/c8-4-1-2-6(9)5(3-4)7(10)11;;1-5(2,3)4/h1-3,9H,8H2,(H,10,11);;(H2,1,2,3,4)/q;+1;. The van der Waals surface area contributed by atoms with Crippen molar-refractivity contribution in [2.45, 2.75) is 0 Å². The van der Waals surface area contributed by atoms with Crippen LogP contribution >= 0.6 is 0 Å². The SMILES string of the molecule is Nc1ccc(O)c(C(=O)O)c1.O=S(=O)(O)O.[Na+]. The fourth-order valence-corrected chi connectivity index (χ4v) is 0.725. The van der Waals surface area contributed by atoms with E-state index in [1.165, 1.54) is 18.2 Å². The number of phenols is 1. The molecule has 0 aliphatic heterocycles. The van der Waals surface area contributed by atoms with Crippen molar-refractivity contribution in [3.05, 3.63) is 23.8 Å². The molecule has 0 aliphatic carbocycles. The number of nitrogen functional groups attached to an aromatic ring is 1. The van der Waals surface area contributed by atoms with E-state index in [0.717, 1.165) is 0 Å². The van der Waals surface area contributed by atoms with Crippen molar-refractivity contribution < 1.29 is 62.1 Å². The smallest absolute Gasteiger partial charge is 0.507 e. The number of aromatic hydroxyl groups is 1. The van der Waals surface area contributed by atoms with Crippen molar-refractivity contribution in [2.75, 3.05) is 5.73 Å². The van der Waals surface area contributed by atoms with Crippen LogP contribution in [0.3, 0.4) is 0 Å². The van der Waals surface area contributed by atoms with E-state index >= 15 is 0 Å². The van der Waals surface area contributed by atoms with Gasteiger partial charge in [-0.05, 0) is 18.2 Å². The van der Waals surface area contributed by atoms with Crippen LogP contribution in [0, 0.1) is 0 Å². The van der Waals surface area contributed by atoms with Gasteiger partial charge in [-0.1, -0.05) is 0 Å². The van der Waals surface area contributed by atoms with Gasteiger partial charge >= 0.3 is 45.9 Å². The summed E-state index contributed by atoms with van der Waals surface area (Å²) >= 11 is 0. The van der Waals surface area contributed by atoms with Gasteiger partial charge in [-0.3, -0.25) is 9.11 Å². The molecule has 0 radical (unpaired) electrons. The van der Waals surface area contributed by atoms with E-state index < -0.39 is 16.4 Å². The Labute approximate surface area is 119 Å². The molecule has 0 fully saturated rings. The van der Waals surface area contributed by atoms with Crippen molar-refractivity contribution in [2.24, 2.45) is 0 Å². The Morgan fingerprint density at radius 2 is 1.65 bits per heavy atom. The molecule has 0 aromatic heterocycles. The zero-order valence-electron chi connectivity index (χ0n) is 8.73. The van der Waals surface area contributed by atoms with Crippen molar-refractivity contribution in [1.82, 2.24) is 0 Å². The zero-order chi connectivity index (χ0) is 12.9. The molecule has 10 heteroatoms. The maximum atomic E-state index is 10.4. The second-order valence-corrected chi connectivity index (χ2v) is 3.43. The summed E-state index contributed by atoms with van der Waals surface area (Å²) in [7, 11) is -4.67. The number of anilines is 1. The molecule has 6 N–H and O–H groups in total. The first-order valence-corrected chi connectivity index (χ1v) is 5.02. The van der Waals surface area contributed by atoms with Crippen LogP contribution in [0.2, 0.25) is 0 Å². The third-order valence-electron chi connectivity index (χ3n) is 1.25. The summed E-state index contributed by atoms with van der Waals surface area (Å²) in [5.41, 5.74) is 5.43. The van der Waals surface area contributed by atoms with Gasteiger partial charge in [0, 0.05) is 5.69 Å². The van der Waals surface area contributed by atoms with Crippen LogP contribution < -0.4 is 35.3 Å². The molecule has 0 saturated carbocycles. The summed E-state index contributed by atoms with van der Waals surface area (Å²) in [4.78, 5) is 10.4. The molecule has 8 nitrogen and oxygen atoms in total. The minimum Gasteiger partial charge on any atom is -0.507 e. The number of carboxylic acids is 1. The number of hydrogen-bond acceptors (Lipinski definition) is 5. The van der Waals surface area contributed by atoms with Gasteiger partial charge in [0.05, 0.1) is 0 Å². The number of carbonyl (C=O) groups is 1. The Morgan fingerprint density at radius 3 is 1.94 bits per heavy atom. The molecule has 17 heavy (non-hydrogen) atoms. The van der Waals surface area contributed by atoms with Gasteiger partial charge in [0.1, 0.15) is 11.3 Å². The summed E-state index contributed by atoms with van der Waals surface area (Å²) in [6.45, 7) is 0. The fraction of sp³-hybridized carbons (Fsp3) is 0. The molecule has 1 aromatic carbocycles. The van der Waals surface area contributed by atoms with Crippen LogP contribution in [0.25, 0.3) is 0 Å². The van der Waals surface area contributed by atoms with Gasteiger partial charge in [0.15, 0.2) is 0 Å². The minimum absolute atomic E-state index is 0. The van der Waals surface area contributed by atoms with Crippen LogP contribution in [-0.4, -0.2) is 33.7 Å². The molecule has 0 aliphatic rings. The minimum atomic E-state index is -4.67. The first kappa shape index (κ1) is 18.5. The van der Waals surface area contributed by atoms with Crippen LogP contribution in [0.1, 0.15) is 10.4 Å². The molecule has 0 heterocycles. The van der Waals surface area contributed by atoms with Crippen LogP contribution in [0.5, 0.6) is 5.75 Å². The van der Waals surface area contributed by atoms with Crippen LogP contribution in [0.4, 0.5) is 5.69 Å². The van der Waals surface area contributed by atoms with Crippen molar-refractivity contribution >= 4 is 22.1 Å². The predicted molar refractivity (Wildman–Crippen MR) is 53.7 cm³/mol. The molecule has 0 saturated heterocycles. The molecule has 90 valence electrons. The second-order valence-electron chi connectivity index (χ2n) is 2.53. The monoisotopic (exact) mass is 274 g/mol. The number of benzene rings is 1. The molecular formula is C7H9NNaO7S+. The van der Waals surface area contributed by atoms with Crippen LogP contribution in [-0.2, 0) is 10.4 Å². The molecule has 0 spiro atoms. The maximum Gasteiger partial charge on any atom is 1.00 e. The van der Waals surface area contributed by atoms with E-state index in [4.69, 9.17) is 33.5 Å². The number of carboxylic acid groups (broad SMARTS) is 1. The number of hydrogen-bond donors (Lipinski definition) is 5. The van der Waals surface area contributed by atoms with Gasteiger partial charge in [-0.25, -0.2) is 4.79 Å². The largest absolute Gasteiger partial charge is 1.00 e. The summed E-state index contributed by atoms with van der Waals surface area (Å²) in [5, 5.41) is 17.4. The Balaban J connectivity index is 0. The first-order chi connectivity index (χ1) is 7.11. The van der Waals surface area contributed by atoms with E-state index in [1.54, 1.807) is 0 Å². The fourth-order valence-electron chi connectivity index (χ4n) is 0.725. The second kappa shape index (κ2) is 7.48. The first-order valence-electron chi connectivity index (χ1n) is 3.63. The summed E-state index contributed by atoms with van der Waals surface area (Å²) in [6, 6.07) is 3.89. The Hall–Kier alpha value is -0.840. The van der Waals surface area contributed by atoms with E-state index in [2.05, 4.69) is 0 Å². The third-order valence-corrected chi connectivity index (χ3v) is 1.25. The molecule has 1 aromatic rings. The van der Waals surface area contributed by atoms with Crippen molar-refractivity contribution in [3.63, 3.8) is 0 Å². The average Bonchev–Trinajstić information content (AvgIpc) is 2.06.